The van der Waals surface area contributed by atoms with Crippen LogP contribution in [0, 0.1) is 0 Å². The van der Waals surface area contributed by atoms with E-state index < -0.39 is 0 Å². The normalized spacial score (nSPS) is 18.1. The van der Waals surface area contributed by atoms with Crippen LogP contribution in [0.3, 0.4) is 0 Å². The second-order valence-electron chi connectivity index (χ2n) is 8.72. The van der Waals surface area contributed by atoms with Crippen LogP contribution in [0.25, 0.3) is 0 Å². The number of thiophene rings is 1. The molecule has 2 aliphatic rings. The van der Waals surface area contributed by atoms with E-state index in [9.17, 15) is 9.59 Å². The van der Waals surface area contributed by atoms with Crippen molar-refractivity contribution in [3.63, 3.8) is 0 Å². The molecule has 10 heteroatoms. The van der Waals surface area contributed by atoms with Gasteiger partial charge in [-0.1, -0.05) is 19.1 Å². The first-order valence-corrected chi connectivity index (χ1v) is 13.1. The molecule has 4 rings (SSSR count). The van der Waals surface area contributed by atoms with Gasteiger partial charge in [0.05, 0.1) is 44.1 Å². The third-order valence-corrected chi connectivity index (χ3v) is 7.45. The number of hydrogen-bond acceptors (Lipinski definition) is 8. The van der Waals surface area contributed by atoms with Gasteiger partial charge in [0.25, 0.3) is 5.91 Å². The number of hydrazone groups is 1. The SMILES string of the molecule is CCC(=O)N(CCN1CCOCC1)CC(=O)N1N=C(c2cccs2)C[C@@H]1c1ccc(OC)c(OC)c1. The molecule has 2 aliphatic heterocycles. The van der Waals surface area contributed by atoms with E-state index in [1.165, 1.54) is 0 Å². The van der Waals surface area contributed by atoms with Crippen LogP contribution in [0.5, 0.6) is 11.5 Å². The predicted molar refractivity (Wildman–Crippen MR) is 139 cm³/mol. The van der Waals surface area contributed by atoms with Crippen molar-refractivity contribution in [3.8, 4) is 11.5 Å². The number of amides is 2. The molecule has 3 heterocycles. The second kappa shape index (κ2) is 12.3. The molecule has 36 heavy (non-hydrogen) atoms. The Morgan fingerprint density at radius 3 is 2.61 bits per heavy atom. The van der Waals surface area contributed by atoms with E-state index >= 15 is 0 Å². The van der Waals surface area contributed by atoms with Crippen LogP contribution in [-0.4, -0.2) is 92.5 Å². The average Bonchev–Trinajstić information content (AvgIpc) is 3.61. The number of hydrogen-bond donors (Lipinski definition) is 0. The molecule has 1 fully saturated rings. The Morgan fingerprint density at radius 2 is 1.94 bits per heavy atom. The minimum Gasteiger partial charge on any atom is -0.493 e. The summed E-state index contributed by atoms with van der Waals surface area (Å²) in [6.45, 7) is 6.09. The zero-order chi connectivity index (χ0) is 25.5. The third kappa shape index (κ3) is 6.05. The van der Waals surface area contributed by atoms with Gasteiger partial charge in [-0.3, -0.25) is 14.5 Å². The highest BCUT2D eigenvalue weighted by atomic mass is 32.1. The first kappa shape index (κ1) is 26.1. The first-order valence-electron chi connectivity index (χ1n) is 12.3. The van der Waals surface area contributed by atoms with Crippen LogP contribution in [-0.2, 0) is 14.3 Å². The van der Waals surface area contributed by atoms with Gasteiger partial charge in [-0.2, -0.15) is 5.10 Å². The van der Waals surface area contributed by atoms with Gasteiger partial charge >= 0.3 is 0 Å². The van der Waals surface area contributed by atoms with Crippen molar-refractivity contribution in [3.05, 3.63) is 46.2 Å². The van der Waals surface area contributed by atoms with Crippen molar-refractivity contribution in [1.29, 1.82) is 0 Å². The third-order valence-electron chi connectivity index (χ3n) is 6.53. The second-order valence-corrected chi connectivity index (χ2v) is 9.67. The molecule has 0 aliphatic carbocycles. The first-order chi connectivity index (χ1) is 17.5. The summed E-state index contributed by atoms with van der Waals surface area (Å²) in [5.74, 6) is 0.977. The molecular weight excluding hydrogens is 480 g/mol. The summed E-state index contributed by atoms with van der Waals surface area (Å²) in [4.78, 5) is 31.3. The van der Waals surface area contributed by atoms with Gasteiger partial charge in [0.2, 0.25) is 5.91 Å². The molecule has 0 N–H and O–H groups in total. The Kier molecular flexibility index (Phi) is 8.95. The summed E-state index contributed by atoms with van der Waals surface area (Å²) in [5.41, 5.74) is 1.76. The van der Waals surface area contributed by atoms with Gasteiger partial charge in [0, 0.05) is 39.0 Å². The van der Waals surface area contributed by atoms with Crippen molar-refractivity contribution < 1.29 is 23.8 Å². The smallest absolute Gasteiger partial charge is 0.262 e. The quantitative estimate of drug-likeness (QED) is 0.485. The van der Waals surface area contributed by atoms with Crippen molar-refractivity contribution in [2.45, 2.75) is 25.8 Å². The number of carbonyl (C=O) groups excluding carboxylic acids is 2. The van der Waals surface area contributed by atoms with Gasteiger partial charge in [0.1, 0.15) is 6.54 Å². The van der Waals surface area contributed by atoms with E-state index in [0.29, 0.717) is 50.6 Å². The van der Waals surface area contributed by atoms with E-state index in [1.54, 1.807) is 35.5 Å². The lowest BCUT2D eigenvalue weighted by Gasteiger charge is -2.31. The average molecular weight is 515 g/mol. The number of rotatable bonds is 10. The molecule has 1 aromatic heterocycles. The lowest BCUT2D eigenvalue weighted by Crippen LogP contribution is -2.46. The fraction of sp³-hybridized carbons (Fsp3) is 0.500. The molecule has 9 nitrogen and oxygen atoms in total. The Balaban J connectivity index is 1.55. The molecule has 194 valence electrons. The molecule has 1 atom stereocenters. The topological polar surface area (TPSA) is 83.9 Å². The van der Waals surface area contributed by atoms with Crippen LogP contribution < -0.4 is 9.47 Å². The molecule has 0 saturated carbocycles. The molecule has 0 bridgehead atoms. The van der Waals surface area contributed by atoms with E-state index in [0.717, 1.165) is 29.2 Å². The zero-order valence-corrected chi connectivity index (χ0v) is 22.0. The zero-order valence-electron chi connectivity index (χ0n) is 21.1. The number of benzene rings is 1. The van der Waals surface area contributed by atoms with E-state index in [4.69, 9.17) is 19.3 Å². The van der Waals surface area contributed by atoms with Gasteiger partial charge in [0.15, 0.2) is 11.5 Å². The van der Waals surface area contributed by atoms with Crippen LogP contribution in [0.2, 0.25) is 0 Å². The molecule has 0 unspecified atom stereocenters. The summed E-state index contributed by atoms with van der Waals surface area (Å²) in [6.07, 6.45) is 0.927. The highest BCUT2D eigenvalue weighted by Gasteiger charge is 2.35. The highest BCUT2D eigenvalue weighted by molar-refractivity contribution is 7.12. The van der Waals surface area contributed by atoms with E-state index in [1.807, 2.05) is 42.6 Å². The van der Waals surface area contributed by atoms with Crippen LogP contribution in [0.15, 0.2) is 40.8 Å². The molecule has 0 spiro atoms. The van der Waals surface area contributed by atoms with Gasteiger partial charge in [-0.05, 0) is 29.1 Å². The summed E-state index contributed by atoms with van der Waals surface area (Å²) < 4.78 is 16.3. The molecule has 1 aromatic carbocycles. The maximum Gasteiger partial charge on any atom is 0.262 e. The van der Waals surface area contributed by atoms with Gasteiger partial charge < -0.3 is 19.1 Å². The fourth-order valence-corrected chi connectivity index (χ4v) is 5.21. The summed E-state index contributed by atoms with van der Waals surface area (Å²) >= 11 is 1.60. The molecule has 2 aromatic rings. The number of ether oxygens (including phenoxy) is 3. The number of nitrogens with zero attached hydrogens (tertiary/aromatic N) is 4. The lowest BCUT2D eigenvalue weighted by atomic mass is 10.0. The van der Waals surface area contributed by atoms with Crippen LogP contribution in [0.4, 0.5) is 0 Å². The monoisotopic (exact) mass is 514 g/mol. The van der Waals surface area contributed by atoms with Crippen molar-refractivity contribution in [2.75, 3.05) is 60.2 Å². The minimum absolute atomic E-state index is 0.0119. The molecular formula is C26H34N4O5S. The maximum atomic E-state index is 13.6. The number of carbonyl (C=O) groups is 2. The summed E-state index contributed by atoms with van der Waals surface area (Å²) in [6, 6.07) is 9.36. The Bertz CT molecular complexity index is 1070. The van der Waals surface area contributed by atoms with Crippen molar-refractivity contribution >= 4 is 28.9 Å². The van der Waals surface area contributed by atoms with Crippen molar-refractivity contribution in [2.24, 2.45) is 5.10 Å². The molecule has 2 amide bonds. The molecule has 0 radical (unpaired) electrons. The largest absolute Gasteiger partial charge is 0.493 e. The summed E-state index contributed by atoms with van der Waals surface area (Å²) in [5, 5.41) is 8.29. The molecule has 1 saturated heterocycles. The predicted octanol–water partition coefficient (Wildman–Crippen LogP) is 3.01. The van der Waals surface area contributed by atoms with E-state index in [2.05, 4.69) is 4.90 Å². The maximum absolute atomic E-state index is 13.6. The van der Waals surface area contributed by atoms with Crippen LogP contribution in [0.1, 0.15) is 36.2 Å². The standard InChI is InChI=1S/C26H34N4O5S/c1-4-25(31)29(10-9-28-11-13-35-14-12-28)18-26(32)30-21(17-20(27-30)24-6-5-15-36-24)19-7-8-22(33-2)23(16-19)34-3/h5-8,15-16,21H,4,9-14,17-18H2,1-3H3/t21-/m1/s1. The van der Waals surface area contributed by atoms with Gasteiger partial charge in [-0.15, -0.1) is 11.3 Å². The Labute approximate surface area is 216 Å². The fourth-order valence-electron chi connectivity index (χ4n) is 4.49. The van der Waals surface area contributed by atoms with Crippen LogP contribution >= 0.6 is 11.3 Å². The number of methoxy groups -OCH3 is 2. The lowest BCUT2D eigenvalue weighted by molar-refractivity contribution is -0.141. The van der Waals surface area contributed by atoms with Gasteiger partial charge in [-0.25, -0.2) is 5.01 Å². The number of morpholine rings is 1. The Hall–Kier alpha value is -2.95. The Morgan fingerprint density at radius 1 is 1.17 bits per heavy atom. The summed E-state index contributed by atoms with van der Waals surface area (Å²) in [7, 11) is 3.19. The highest BCUT2D eigenvalue weighted by Crippen LogP contribution is 2.38. The van der Waals surface area contributed by atoms with E-state index in [-0.39, 0.29) is 24.4 Å². The van der Waals surface area contributed by atoms with Crippen molar-refractivity contribution in [1.82, 2.24) is 14.8 Å². The minimum atomic E-state index is -0.299.